The summed E-state index contributed by atoms with van der Waals surface area (Å²) in [4.78, 5) is 12.5. The van der Waals surface area contributed by atoms with E-state index in [2.05, 4.69) is 17.9 Å². The summed E-state index contributed by atoms with van der Waals surface area (Å²) >= 11 is 4.14. The zero-order valence-electron chi connectivity index (χ0n) is 8.85. The van der Waals surface area contributed by atoms with Crippen LogP contribution in [0.1, 0.15) is 10.4 Å². The van der Waals surface area contributed by atoms with Gasteiger partial charge in [-0.2, -0.15) is 0 Å². The maximum absolute atomic E-state index is 13.3. The molecule has 4 heteroatoms. The van der Waals surface area contributed by atoms with E-state index in [1.54, 1.807) is 36.4 Å². The standard InChI is InChI=1S/C13H10FNOS/c14-12-4-2-1-3-11(12)13(16)15-9-5-7-10(17)8-6-9/h1-8,17H,(H,15,16). The second kappa shape index (κ2) is 5.01. The fraction of sp³-hybridized carbons (Fsp3) is 0. The van der Waals surface area contributed by atoms with Crippen LogP contribution in [0.4, 0.5) is 10.1 Å². The highest BCUT2D eigenvalue weighted by atomic mass is 32.1. The van der Waals surface area contributed by atoms with Gasteiger partial charge in [0.25, 0.3) is 5.91 Å². The molecule has 0 bridgehead atoms. The van der Waals surface area contributed by atoms with Crippen LogP contribution >= 0.6 is 12.6 Å². The first-order chi connectivity index (χ1) is 8.16. The minimum absolute atomic E-state index is 0.0300. The van der Waals surface area contributed by atoms with Crippen molar-refractivity contribution in [2.75, 3.05) is 5.32 Å². The van der Waals surface area contributed by atoms with Gasteiger partial charge >= 0.3 is 0 Å². The molecule has 17 heavy (non-hydrogen) atoms. The predicted molar refractivity (Wildman–Crippen MR) is 68.0 cm³/mol. The van der Waals surface area contributed by atoms with E-state index in [0.29, 0.717) is 5.69 Å². The monoisotopic (exact) mass is 247 g/mol. The zero-order chi connectivity index (χ0) is 12.3. The van der Waals surface area contributed by atoms with Crippen LogP contribution in [0.2, 0.25) is 0 Å². The van der Waals surface area contributed by atoms with Crippen molar-refractivity contribution < 1.29 is 9.18 Å². The predicted octanol–water partition coefficient (Wildman–Crippen LogP) is 3.37. The molecule has 0 radical (unpaired) electrons. The number of rotatable bonds is 2. The molecule has 0 spiro atoms. The number of hydrogen-bond donors (Lipinski definition) is 2. The van der Waals surface area contributed by atoms with Gasteiger partial charge in [0.05, 0.1) is 5.56 Å². The molecule has 0 aliphatic rings. The molecule has 1 amide bonds. The Morgan fingerprint density at radius 2 is 1.71 bits per heavy atom. The first kappa shape index (κ1) is 11.7. The first-order valence-corrected chi connectivity index (χ1v) is 5.46. The fourth-order valence-corrected chi connectivity index (χ4v) is 1.54. The molecule has 0 unspecified atom stereocenters. The molecule has 0 aromatic heterocycles. The summed E-state index contributed by atoms with van der Waals surface area (Å²) in [6.45, 7) is 0. The highest BCUT2D eigenvalue weighted by molar-refractivity contribution is 7.80. The molecule has 0 heterocycles. The molecule has 0 saturated heterocycles. The van der Waals surface area contributed by atoms with Crippen molar-refractivity contribution >= 4 is 24.2 Å². The topological polar surface area (TPSA) is 29.1 Å². The SMILES string of the molecule is O=C(Nc1ccc(S)cc1)c1ccccc1F. The summed E-state index contributed by atoms with van der Waals surface area (Å²) in [7, 11) is 0. The lowest BCUT2D eigenvalue weighted by Crippen LogP contribution is -2.13. The van der Waals surface area contributed by atoms with Crippen LogP contribution in [0.5, 0.6) is 0 Å². The van der Waals surface area contributed by atoms with Crippen LogP contribution in [-0.2, 0) is 0 Å². The zero-order valence-corrected chi connectivity index (χ0v) is 9.75. The molecule has 0 fully saturated rings. The maximum atomic E-state index is 13.3. The van der Waals surface area contributed by atoms with Crippen molar-refractivity contribution in [3.8, 4) is 0 Å². The Hall–Kier alpha value is -1.81. The van der Waals surface area contributed by atoms with Gasteiger partial charge in [-0.15, -0.1) is 12.6 Å². The lowest BCUT2D eigenvalue weighted by atomic mass is 10.2. The summed E-state index contributed by atoms with van der Waals surface area (Å²) in [5.41, 5.74) is 0.638. The minimum atomic E-state index is -0.532. The summed E-state index contributed by atoms with van der Waals surface area (Å²) < 4.78 is 13.3. The number of halogens is 1. The number of carbonyl (C=O) groups excluding carboxylic acids is 1. The lowest BCUT2D eigenvalue weighted by molar-refractivity contribution is 0.102. The second-order valence-electron chi connectivity index (χ2n) is 3.48. The van der Waals surface area contributed by atoms with Crippen LogP contribution in [0.15, 0.2) is 53.4 Å². The molecular formula is C13H10FNOS. The average molecular weight is 247 g/mol. The summed E-state index contributed by atoms with van der Waals surface area (Å²) in [5.74, 6) is -0.995. The van der Waals surface area contributed by atoms with Crippen molar-refractivity contribution in [2.45, 2.75) is 4.90 Å². The molecule has 0 saturated carbocycles. The number of amides is 1. The van der Waals surface area contributed by atoms with Gasteiger partial charge < -0.3 is 5.32 Å². The van der Waals surface area contributed by atoms with Gasteiger partial charge in [-0.3, -0.25) is 4.79 Å². The van der Waals surface area contributed by atoms with E-state index < -0.39 is 11.7 Å². The first-order valence-electron chi connectivity index (χ1n) is 5.02. The molecule has 1 N–H and O–H groups in total. The number of nitrogens with one attached hydrogen (secondary N) is 1. The highest BCUT2D eigenvalue weighted by Crippen LogP contribution is 2.14. The van der Waals surface area contributed by atoms with Gasteiger partial charge in [0.1, 0.15) is 5.82 Å². The lowest BCUT2D eigenvalue weighted by Gasteiger charge is -2.05. The molecule has 2 rings (SSSR count). The Balaban J connectivity index is 2.17. The van der Waals surface area contributed by atoms with Gasteiger partial charge in [0.15, 0.2) is 0 Å². The highest BCUT2D eigenvalue weighted by Gasteiger charge is 2.10. The number of carbonyl (C=O) groups is 1. The number of hydrogen-bond acceptors (Lipinski definition) is 2. The summed E-state index contributed by atoms with van der Waals surface area (Å²) in [5, 5.41) is 2.61. The maximum Gasteiger partial charge on any atom is 0.258 e. The fourth-order valence-electron chi connectivity index (χ4n) is 1.39. The largest absolute Gasteiger partial charge is 0.322 e. The number of anilines is 1. The Morgan fingerprint density at radius 3 is 2.35 bits per heavy atom. The van der Waals surface area contributed by atoms with Gasteiger partial charge in [0, 0.05) is 10.6 Å². The molecule has 0 atom stereocenters. The average Bonchev–Trinajstić information content (AvgIpc) is 2.32. The van der Waals surface area contributed by atoms with Gasteiger partial charge in [-0.05, 0) is 36.4 Å². The second-order valence-corrected chi connectivity index (χ2v) is 4.00. The van der Waals surface area contributed by atoms with E-state index in [0.717, 1.165) is 4.90 Å². The summed E-state index contributed by atoms with van der Waals surface area (Å²) in [6.07, 6.45) is 0. The van der Waals surface area contributed by atoms with Crippen molar-refractivity contribution in [3.05, 3.63) is 59.9 Å². The van der Waals surface area contributed by atoms with E-state index in [4.69, 9.17) is 0 Å². The van der Waals surface area contributed by atoms with Crippen molar-refractivity contribution in [1.29, 1.82) is 0 Å². The van der Waals surface area contributed by atoms with Crippen molar-refractivity contribution in [2.24, 2.45) is 0 Å². The molecule has 2 aromatic rings. The quantitative estimate of drug-likeness (QED) is 0.783. The van der Waals surface area contributed by atoms with Gasteiger partial charge in [-0.1, -0.05) is 12.1 Å². The molecule has 2 nitrogen and oxygen atoms in total. The van der Waals surface area contributed by atoms with E-state index in [9.17, 15) is 9.18 Å². The smallest absolute Gasteiger partial charge is 0.258 e. The molecule has 2 aromatic carbocycles. The summed E-state index contributed by atoms with van der Waals surface area (Å²) in [6, 6.07) is 12.8. The van der Waals surface area contributed by atoms with Crippen LogP contribution in [0.3, 0.4) is 0 Å². The normalized spacial score (nSPS) is 10.0. The van der Waals surface area contributed by atoms with Gasteiger partial charge in [0.2, 0.25) is 0 Å². The van der Waals surface area contributed by atoms with Crippen molar-refractivity contribution in [3.63, 3.8) is 0 Å². The van der Waals surface area contributed by atoms with Crippen LogP contribution in [-0.4, -0.2) is 5.91 Å². The van der Waals surface area contributed by atoms with E-state index >= 15 is 0 Å². The van der Waals surface area contributed by atoms with Crippen LogP contribution in [0.25, 0.3) is 0 Å². The Labute approximate surface area is 104 Å². The molecule has 0 aliphatic heterocycles. The number of thiol groups is 1. The Bertz CT molecular complexity index is 539. The van der Waals surface area contributed by atoms with Crippen LogP contribution in [0, 0.1) is 5.82 Å². The third-order valence-corrected chi connectivity index (χ3v) is 2.54. The number of benzene rings is 2. The third-order valence-electron chi connectivity index (χ3n) is 2.24. The van der Waals surface area contributed by atoms with Gasteiger partial charge in [-0.25, -0.2) is 4.39 Å². The Kier molecular flexibility index (Phi) is 3.44. The van der Waals surface area contributed by atoms with E-state index in [1.807, 2.05) is 0 Å². The third kappa shape index (κ3) is 2.85. The molecule has 0 aliphatic carbocycles. The minimum Gasteiger partial charge on any atom is -0.322 e. The molecule has 86 valence electrons. The molecular weight excluding hydrogens is 237 g/mol. The van der Waals surface area contributed by atoms with E-state index in [-0.39, 0.29) is 5.56 Å². The van der Waals surface area contributed by atoms with Crippen molar-refractivity contribution in [1.82, 2.24) is 0 Å². The van der Waals surface area contributed by atoms with E-state index in [1.165, 1.54) is 12.1 Å². The Morgan fingerprint density at radius 1 is 1.06 bits per heavy atom. The van der Waals surface area contributed by atoms with Crippen LogP contribution < -0.4 is 5.32 Å².